The lowest BCUT2D eigenvalue weighted by Crippen LogP contribution is -2.24. The fraction of sp³-hybridized carbons (Fsp3) is 0.421. The van der Waals surface area contributed by atoms with Gasteiger partial charge in [0.05, 0.1) is 5.71 Å². The number of aliphatic imine (C=N–C) groups is 1. The van der Waals surface area contributed by atoms with E-state index in [1.165, 1.54) is 11.1 Å². The van der Waals surface area contributed by atoms with Gasteiger partial charge in [-0.25, -0.2) is 0 Å². The molecule has 2 aliphatic carbocycles. The molecule has 5 nitrogen and oxygen atoms in total. The third-order valence-corrected chi connectivity index (χ3v) is 4.53. The average Bonchev–Trinajstić information content (AvgIpc) is 2.60. The van der Waals surface area contributed by atoms with Crippen LogP contribution in [0.25, 0.3) is 0 Å². The SMILES string of the molecule is NCCNCCCN=C1C2=C(C=CCC2)Cc2c(O)ccc(O)c21. The van der Waals surface area contributed by atoms with Gasteiger partial charge >= 0.3 is 0 Å². The van der Waals surface area contributed by atoms with E-state index in [9.17, 15) is 10.2 Å². The largest absolute Gasteiger partial charge is 0.508 e. The highest BCUT2D eigenvalue weighted by atomic mass is 16.3. The van der Waals surface area contributed by atoms with Crippen molar-refractivity contribution in [2.75, 3.05) is 26.2 Å². The minimum Gasteiger partial charge on any atom is -0.508 e. The second-order valence-electron chi connectivity index (χ2n) is 6.20. The van der Waals surface area contributed by atoms with Crippen molar-refractivity contribution in [3.8, 4) is 11.5 Å². The number of phenolic OH excluding ortho intramolecular Hbond substituents is 2. The fourth-order valence-corrected chi connectivity index (χ4v) is 3.36. The molecule has 0 heterocycles. The predicted octanol–water partition coefficient (Wildman–Crippen LogP) is 2.03. The van der Waals surface area contributed by atoms with E-state index in [0.29, 0.717) is 25.1 Å². The average molecular weight is 327 g/mol. The normalized spacial score (nSPS) is 18.0. The van der Waals surface area contributed by atoms with Crippen molar-refractivity contribution in [2.45, 2.75) is 25.7 Å². The molecule has 2 aliphatic rings. The first kappa shape index (κ1) is 16.7. The molecule has 0 radical (unpaired) electrons. The van der Waals surface area contributed by atoms with E-state index in [1.54, 1.807) is 12.1 Å². The lowest BCUT2D eigenvalue weighted by Gasteiger charge is -2.27. The first-order chi connectivity index (χ1) is 11.7. The molecule has 0 unspecified atom stereocenters. The van der Waals surface area contributed by atoms with Crippen LogP contribution >= 0.6 is 0 Å². The molecule has 0 fully saturated rings. The zero-order valence-corrected chi connectivity index (χ0v) is 13.9. The van der Waals surface area contributed by atoms with Crippen LogP contribution in [0.2, 0.25) is 0 Å². The van der Waals surface area contributed by atoms with Gasteiger partial charge in [-0.3, -0.25) is 4.99 Å². The van der Waals surface area contributed by atoms with Crippen LogP contribution in [0.15, 0.2) is 40.4 Å². The molecule has 24 heavy (non-hydrogen) atoms. The lowest BCUT2D eigenvalue weighted by molar-refractivity contribution is 0.453. The van der Waals surface area contributed by atoms with E-state index in [2.05, 4.69) is 17.5 Å². The molecule has 5 N–H and O–H groups in total. The molecular weight excluding hydrogens is 302 g/mol. The molecule has 3 rings (SSSR count). The van der Waals surface area contributed by atoms with Crippen LogP contribution in [-0.2, 0) is 6.42 Å². The molecule has 0 aromatic heterocycles. The van der Waals surface area contributed by atoms with Crippen molar-refractivity contribution < 1.29 is 10.2 Å². The highest BCUT2D eigenvalue weighted by Crippen LogP contribution is 2.40. The van der Waals surface area contributed by atoms with Crippen molar-refractivity contribution in [1.29, 1.82) is 0 Å². The van der Waals surface area contributed by atoms with Crippen LogP contribution < -0.4 is 11.1 Å². The van der Waals surface area contributed by atoms with E-state index in [4.69, 9.17) is 10.7 Å². The Balaban J connectivity index is 1.89. The molecule has 0 amide bonds. The van der Waals surface area contributed by atoms with Gasteiger partial charge < -0.3 is 21.3 Å². The number of phenols is 2. The van der Waals surface area contributed by atoms with E-state index in [-0.39, 0.29) is 11.5 Å². The number of nitrogens with zero attached hydrogens (tertiary/aromatic N) is 1. The van der Waals surface area contributed by atoms with Crippen LogP contribution in [0.5, 0.6) is 11.5 Å². The quantitative estimate of drug-likeness (QED) is 0.475. The number of nitrogens with two attached hydrogens (primary N) is 1. The Morgan fingerprint density at radius 3 is 2.83 bits per heavy atom. The Kier molecular flexibility index (Phi) is 5.33. The van der Waals surface area contributed by atoms with Gasteiger partial charge in [0.25, 0.3) is 0 Å². The van der Waals surface area contributed by atoms with Crippen LogP contribution in [-0.4, -0.2) is 42.1 Å². The number of rotatable bonds is 6. The summed E-state index contributed by atoms with van der Waals surface area (Å²) < 4.78 is 0. The van der Waals surface area contributed by atoms with E-state index < -0.39 is 0 Å². The maximum absolute atomic E-state index is 10.4. The standard InChI is InChI=1S/C19H25N3O2/c20-8-11-21-9-3-10-22-19-14-5-2-1-4-13(14)12-15-16(23)6-7-17(24)18(15)19/h1,4,6-7,21,23-24H,2-3,5,8-12,20H2. The Labute approximate surface area is 142 Å². The summed E-state index contributed by atoms with van der Waals surface area (Å²) in [5.41, 5.74) is 10.2. The number of fused-ring (bicyclic) bond motifs is 1. The van der Waals surface area contributed by atoms with Gasteiger partial charge in [0.1, 0.15) is 11.5 Å². The molecular formula is C19H25N3O2. The minimum atomic E-state index is 0.198. The molecule has 0 atom stereocenters. The van der Waals surface area contributed by atoms with Gasteiger partial charge in [0, 0.05) is 37.2 Å². The fourth-order valence-electron chi connectivity index (χ4n) is 3.36. The second kappa shape index (κ2) is 7.64. The molecule has 128 valence electrons. The molecule has 0 aliphatic heterocycles. The first-order valence-electron chi connectivity index (χ1n) is 8.60. The molecule has 0 saturated carbocycles. The molecule has 1 aromatic rings. The van der Waals surface area contributed by atoms with Gasteiger partial charge in [-0.15, -0.1) is 0 Å². The maximum Gasteiger partial charge on any atom is 0.125 e. The summed E-state index contributed by atoms with van der Waals surface area (Å²) in [6, 6.07) is 3.11. The third-order valence-electron chi connectivity index (χ3n) is 4.53. The summed E-state index contributed by atoms with van der Waals surface area (Å²) in [5, 5.41) is 23.8. The van der Waals surface area contributed by atoms with Gasteiger partial charge in [0.15, 0.2) is 0 Å². The Morgan fingerprint density at radius 2 is 2.00 bits per heavy atom. The Hall–Kier alpha value is -2.11. The number of allylic oxidation sites excluding steroid dienone is 4. The summed E-state index contributed by atoms with van der Waals surface area (Å²) in [5.74, 6) is 0.426. The summed E-state index contributed by atoms with van der Waals surface area (Å²) in [4.78, 5) is 4.79. The summed E-state index contributed by atoms with van der Waals surface area (Å²) in [6.07, 6.45) is 7.78. The molecule has 5 heteroatoms. The van der Waals surface area contributed by atoms with Gasteiger partial charge in [-0.2, -0.15) is 0 Å². The second-order valence-corrected chi connectivity index (χ2v) is 6.20. The number of nitrogens with one attached hydrogen (secondary N) is 1. The lowest BCUT2D eigenvalue weighted by atomic mass is 9.79. The van der Waals surface area contributed by atoms with E-state index in [1.807, 2.05) is 0 Å². The zero-order chi connectivity index (χ0) is 16.9. The van der Waals surface area contributed by atoms with E-state index >= 15 is 0 Å². The summed E-state index contributed by atoms with van der Waals surface area (Å²) in [7, 11) is 0. The number of benzene rings is 1. The van der Waals surface area contributed by atoms with E-state index in [0.717, 1.165) is 43.6 Å². The number of hydrogen-bond acceptors (Lipinski definition) is 5. The molecule has 0 spiro atoms. The maximum atomic E-state index is 10.4. The van der Waals surface area contributed by atoms with Gasteiger partial charge in [0.2, 0.25) is 0 Å². The highest BCUT2D eigenvalue weighted by Gasteiger charge is 2.28. The van der Waals surface area contributed by atoms with Crippen molar-refractivity contribution in [3.05, 3.63) is 46.6 Å². The summed E-state index contributed by atoms with van der Waals surface area (Å²) >= 11 is 0. The molecule has 0 bridgehead atoms. The molecule has 0 saturated heterocycles. The van der Waals surface area contributed by atoms with Gasteiger partial charge in [-0.1, -0.05) is 12.2 Å². The van der Waals surface area contributed by atoms with Crippen LogP contribution in [0.1, 0.15) is 30.4 Å². The number of hydrogen-bond donors (Lipinski definition) is 4. The topological polar surface area (TPSA) is 90.9 Å². The van der Waals surface area contributed by atoms with Crippen molar-refractivity contribution in [2.24, 2.45) is 10.7 Å². The Morgan fingerprint density at radius 1 is 1.17 bits per heavy atom. The van der Waals surface area contributed by atoms with Crippen LogP contribution in [0.4, 0.5) is 0 Å². The van der Waals surface area contributed by atoms with Crippen LogP contribution in [0.3, 0.4) is 0 Å². The highest BCUT2D eigenvalue weighted by molar-refractivity contribution is 6.17. The van der Waals surface area contributed by atoms with Gasteiger partial charge in [-0.05, 0) is 49.1 Å². The predicted molar refractivity (Wildman–Crippen MR) is 96.8 cm³/mol. The number of aromatic hydroxyl groups is 2. The smallest absolute Gasteiger partial charge is 0.125 e. The van der Waals surface area contributed by atoms with Crippen molar-refractivity contribution in [3.63, 3.8) is 0 Å². The minimum absolute atomic E-state index is 0.198. The summed E-state index contributed by atoms with van der Waals surface area (Å²) in [6.45, 7) is 3.01. The van der Waals surface area contributed by atoms with Crippen molar-refractivity contribution >= 4 is 5.71 Å². The first-order valence-corrected chi connectivity index (χ1v) is 8.60. The Bertz CT molecular complexity index is 705. The molecule has 1 aromatic carbocycles. The van der Waals surface area contributed by atoms with Crippen molar-refractivity contribution in [1.82, 2.24) is 5.32 Å². The zero-order valence-electron chi connectivity index (χ0n) is 13.9. The third kappa shape index (κ3) is 3.37. The van der Waals surface area contributed by atoms with Crippen LogP contribution in [0, 0.1) is 0 Å². The monoisotopic (exact) mass is 327 g/mol.